The third-order valence-corrected chi connectivity index (χ3v) is 5.07. The summed E-state index contributed by atoms with van der Waals surface area (Å²) in [7, 11) is 4.25. The van der Waals surface area contributed by atoms with E-state index in [0.717, 1.165) is 32.7 Å². The van der Waals surface area contributed by atoms with Crippen molar-refractivity contribution in [2.75, 3.05) is 59.9 Å². The Bertz CT molecular complexity index is 322. The third-order valence-electron chi connectivity index (χ3n) is 5.07. The number of nitrogens with zero attached hydrogens (tertiary/aromatic N) is 2. The first-order valence-corrected chi connectivity index (χ1v) is 8.41. The summed E-state index contributed by atoms with van der Waals surface area (Å²) in [6.07, 6.45) is 2.43. The van der Waals surface area contributed by atoms with Crippen molar-refractivity contribution < 1.29 is 4.79 Å². The number of carbonyl (C=O) groups is 1. The molecular weight excluding hydrogens is 264 g/mol. The molecule has 0 saturated carbocycles. The van der Waals surface area contributed by atoms with E-state index >= 15 is 0 Å². The second kappa shape index (κ2) is 8.11. The molecule has 2 aliphatic rings. The lowest BCUT2D eigenvalue weighted by Gasteiger charge is -2.34. The number of amides is 1. The maximum atomic E-state index is 12.1. The number of likely N-dealkylation sites (N-methyl/N-ethyl adjacent to an activating group) is 1. The van der Waals surface area contributed by atoms with Crippen molar-refractivity contribution in [1.82, 2.24) is 20.4 Å². The van der Waals surface area contributed by atoms with Gasteiger partial charge in [0.1, 0.15) is 0 Å². The van der Waals surface area contributed by atoms with Crippen LogP contribution in [0.3, 0.4) is 0 Å². The maximum absolute atomic E-state index is 12.1. The number of likely N-dealkylation sites (tertiary alicyclic amines) is 1. The molecule has 0 aromatic rings. The van der Waals surface area contributed by atoms with E-state index in [1.165, 1.54) is 25.9 Å². The molecule has 2 saturated heterocycles. The average molecular weight is 296 g/mol. The predicted octanol–water partition coefficient (Wildman–Crippen LogP) is 0.232. The van der Waals surface area contributed by atoms with E-state index < -0.39 is 0 Å². The molecule has 2 aliphatic heterocycles. The minimum atomic E-state index is 0.159. The molecule has 21 heavy (non-hydrogen) atoms. The molecule has 2 N–H and O–H groups in total. The second-order valence-electron chi connectivity index (χ2n) is 7.04. The fourth-order valence-corrected chi connectivity index (χ4v) is 3.04. The van der Waals surface area contributed by atoms with Crippen LogP contribution < -0.4 is 10.6 Å². The zero-order valence-corrected chi connectivity index (χ0v) is 13.9. The first-order chi connectivity index (χ1) is 10.1. The molecule has 122 valence electrons. The normalized spacial score (nSPS) is 23.0. The molecule has 0 spiro atoms. The van der Waals surface area contributed by atoms with E-state index in [4.69, 9.17) is 0 Å². The van der Waals surface area contributed by atoms with Crippen LogP contribution in [0.5, 0.6) is 0 Å². The summed E-state index contributed by atoms with van der Waals surface area (Å²) in [6, 6.07) is 0. The van der Waals surface area contributed by atoms with Crippen molar-refractivity contribution in [2.24, 2.45) is 17.8 Å². The van der Waals surface area contributed by atoms with Crippen molar-refractivity contribution in [3.63, 3.8) is 0 Å². The fraction of sp³-hybridized carbons (Fsp3) is 0.938. The van der Waals surface area contributed by atoms with E-state index in [9.17, 15) is 4.79 Å². The van der Waals surface area contributed by atoms with Gasteiger partial charge in [0, 0.05) is 25.6 Å². The average Bonchev–Trinajstić information content (AvgIpc) is 2.41. The van der Waals surface area contributed by atoms with Crippen LogP contribution in [-0.4, -0.2) is 75.6 Å². The molecule has 0 bridgehead atoms. The number of hydrogen-bond donors (Lipinski definition) is 2. The number of rotatable bonds is 7. The Labute approximate surface area is 129 Å². The van der Waals surface area contributed by atoms with E-state index in [1.807, 2.05) is 0 Å². The van der Waals surface area contributed by atoms with Gasteiger partial charge >= 0.3 is 0 Å². The Morgan fingerprint density at radius 2 is 2.00 bits per heavy atom. The highest BCUT2D eigenvalue weighted by atomic mass is 16.1. The molecule has 0 radical (unpaired) electrons. The number of carbonyl (C=O) groups excluding carboxylic acids is 1. The summed E-state index contributed by atoms with van der Waals surface area (Å²) in [4.78, 5) is 16.9. The zero-order valence-electron chi connectivity index (χ0n) is 13.9. The summed E-state index contributed by atoms with van der Waals surface area (Å²) in [5.41, 5.74) is 0. The molecule has 0 aliphatic carbocycles. The monoisotopic (exact) mass is 296 g/mol. The Morgan fingerprint density at radius 3 is 2.52 bits per heavy atom. The molecule has 0 aromatic carbocycles. The predicted molar refractivity (Wildman–Crippen MR) is 86.3 cm³/mol. The number of hydrogen-bond acceptors (Lipinski definition) is 4. The van der Waals surface area contributed by atoms with Crippen LogP contribution in [0.4, 0.5) is 0 Å². The van der Waals surface area contributed by atoms with Crippen molar-refractivity contribution in [2.45, 2.75) is 19.8 Å². The quantitative estimate of drug-likeness (QED) is 0.706. The van der Waals surface area contributed by atoms with Crippen molar-refractivity contribution >= 4 is 5.91 Å². The number of nitrogens with one attached hydrogen (secondary N) is 2. The van der Waals surface area contributed by atoms with E-state index in [-0.39, 0.29) is 11.8 Å². The molecule has 5 nitrogen and oxygen atoms in total. The van der Waals surface area contributed by atoms with Gasteiger partial charge in [0.2, 0.25) is 5.91 Å². The van der Waals surface area contributed by atoms with Gasteiger partial charge in [-0.3, -0.25) is 4.79 Å². The molecule has 1 unspecified atom stereocenters. The minimum absolute atomic E-state index is 0.159. The van der Waals surface area contributed by atoms with Gasteiger partial charge in [-0.15, -0.1) is 0 Å². The minimum Gasteiger partial charge on any atom is -0.356 e. The molecule has 2 rings (SSSR count). The Morgan fingerprint density at radius 1 is 1.33 bits per heavy atom. The smallest absolute Gasteiger partial charge is 0.223 e. The Balaban J connectivity index is 1.59. The summed E-state index contributed by atoms with van der Waals surface area (Å²) >= 11 is 0. The van der Waals surface area contributed by atoms with E-state index in [0.29, 0.717) is 11.8 Å². The fourth-order valence-electron chi connectivity index (χ4n) is 3.04. The maximum Gasteiger partial charge on any atom is 0.223 e. The third kappa shape index (κ3) is 5.24. The van der Waals surface area contributed by atoms with Crippen LogP contribution in [0.25, 0.3) is 0 Å². The molecule has 1 amide bonds. The van der Waals surface area contributed by atoms with Gasteiger partial charge < -0.3 is 20.4 Å². The lowest BCUT2D eigenvalue weighted by Crippen LogP contribution is -2.50. The lowest BCUT2D eigenvalue weighted by atomic mass is 9.88. The molecule has 2 heterocycles. The largest absolute Gasteiger partial charge is 0.356 e. The number of piperidine rings is 1. The van der Waals surface area contributed by atoms with Crippen molar-refractivity contribution in [3.05, 3.63) is 0 Å². The highest BCUT2D eigenvalue weighted by Gasteiger charge is 2.29. The van der Waals surface area contributed by atoms with Gasteiger partial charge in [0.05, 0.1) is 0 Å². The molecule has 2 fully saturated rings. The first-order valence-electron chi connectivity index (χ1n) is 8.41. The van der Waals surface area contributed by atoms with Crippen LogP contribution in [0.2, 0.25) is 0 Å². The van der Waals surface area contributed by atoms with E-state index in [2.05, 4.69) is 41.5 Å². The van der Waals surface area contributed by atoms with Crippen LogP contribution in [-0.2, 0) is 4.79 Å². The summed E-state index contributed by atoms with van der Waals surface area (Å²) in [6.45, 7) is 9.58. The van der Waals surface area contributed by atoms with Gasteiger partial charge in [0.15, 0.2) is 0 Å². The highest BCUT2D eigenvalue weighted by Crippen LogP contribution is 2.18. The Hall–Kier alpha value is -0.650. The van der Waals surface area contributed by atoms with E-state index in [1.54, 1.807) is 0 Å². The molecular formula is C16H32N4O. The first kappa shape index (κ1) is 16.7. The summed E-state index contributed by atoms with van der Waals surface area (Å²) in [5.74, 6) is 1.61. The van der Waals surface area contributed by atoms with Crippen LogP contribution in [0, 0.1) is 17.8 Å². The topological polar surface area (TPSA) is 47.6 Å². The van der Waals surface area contributed by atoms with Gasteiger partial charge in [-0.1, -0.05) is 6.92 Å². The molecule has 0 aromatic heterocycles. The molecule has 5 heteroatoms. The standard InChI is InChI=1S/C16H32N4O/c1-13(15-11-17-12-15)16(21)18-10-14-4-6-20(7-5-14)9-8-19(2)3/h13-15,17H,4-12H2,1-3H3,(H,18,21). The SMILES string of the molecule is CC(C(=O)NCC1CCN(CCN(C)C)CC1)C1CNC1. The van der Waals surface area contributed by atoms with Crippen LogP contribution in [0.1, 0.15) is 19.8 Å². The summed E-state index contributed by atoms with van der Waals surface area (Å²) in [5, 5.41) is 6.41. The highest BCUT2D eigenvalue weighted by molar-refractivity contribution is 5.78. The second-order valence-corrected chi connectivity index (χ2v) is 7.04. The Kier molecular flexibility index (Phi) is 6.45. The van der Waals surface area contributed by atoms with Gasteiger partial charge in [-0.25, -0.2) is 0 Å². The van der Waals surface area contributed by atoms with Gasteiger partial charge in [-0.2, -0.15) is 0 Å². The molecule has 1 atom stereocenters. The van der Waals surface area contributed by atoms with Crippen LogP contribution in [0.15, 0.2) is 0 Å². The van der Waals surface area contributed by atoms with Crippen molar-refractivity contribution in [3.8, 4) is 0 Å². The van der Waals surface area contributed by atoms with Gasteiger partial charge in [-0.05, 0) is 65.0 Å². The summed E-state index contributed by atoms with van der Waals surface area (Å²) < 4.78 is 0. The zero-order chi connectivity index (χ0) is 15.2. The van der Waals surface area contributed by atoms with Crippen molar-refractivity contribution in [1.29, 1.82) is 0 Å². The van der Waals surface area contributed by atoms with Gasteiger partial charge in [0.25, 0.3) is 0 Å². The van der Waals surface area contributed by atoms with Crippen LogP contribution >= 0.6 is 0 Å². The lowest BCUT2D eigenvalue weighted by molar-refractivity contribution is -0.126.